The summed E-state index contributed by atoms with van der Waals surface area (Å²) in [5.41, 5.74) is 7.54. The van der Waals surface area contributed by atoms with Crippen molar-refractivity contribution in [2.75, 3.05) is 36.4 Å². The SMILES string of the molecule is N=C(N)c1nnc(N2CCC[C@@H](NC(=O)N3CCCCC3)C2)nc1Nc1ccc2cccnc2c1. The van der Waals surface area contributed by atoms with Gasteiger partial charge in [-0.15, -0.1) is 10.2 Å². The molecule has 5 rings (SSSR count). The molecule has 2 aliphatic rings. The van der Waals surface area contributed by atoms with Crippen molar-refractivity contribution in [1.29, 1.82) is 5.41 Å². The molecule has 182 valence electrons. The van der Waals surface area contributed by atoms with Crippen LogP contribution in [0, 0.1) is 5.41 Å². The number of nitrogen functional groups attached to an aromatic ring is 1. The van der Waals surface area contributed by atoms with Crippen LogP contribution in [-0.2, 0) is 0 Å². The Balaban J connectivity index is 1.33. The molecule has 0 bridgehead atoms. The number of carbonyl (C=O) groups excluding carboxylic acids is 1. The first-order valence-electron chi connectivity index (χ1n) is 12.1. The van der Waals surface area contributed by atoms with Crippen molar-refractivity contribution in [3.05, 3.63) is 42.2 Å². The van der Waals surface area contributed by atoms with Gasteiger partial charge in [-0.3, -0.25) is 10.4 Å². The molecule has 2 amide bonds. The number of anilines is 3. The lowest BCUT2D eigenvalue weighted by molar-refractivity contribution is 0.181. The highest BCUT2D eigenvalue weighted by atomic mass is 16.2. The van der Waals surface area contributed by atoms with E-state index < -0.39 is 0 Å². The van der Waals surface area contributed by atoms with E-state index in [2.05, 4.69) is 30.8 Å². The fourth-order valence-corrected chi connectivity index (χ4v) is 4.64. The molecule has 2 aromatic heterocycles. The minimum absolute atomic E-state index is 0.00907. The molecule has 0 aliphatic carbocycles. The molecule has 11 nitrogen and oxygen atoms in total. The van der Waals surface area contributed by atoms with Gasteiger partial charge in [0.25, 0.3) is 0 Å². The molecule has 2 aliphatic heterocycles. The van der Waals surface area contributed by atoms with Gasteiger partial charge in [-0.2, -0.15) is 4.98 Å². The van der Waals surface area contributed by atoms with Crippen molar-refractivity contribution in [3.8, 4) is 0 Å². The lowest BCUT2D eigenvalue weighted by atomic mass is 10.1. The zero-order chi connectivity index (χ0) is 24.2. The average Bonchev–Trinajstić information content (AvgIpc) is 2.89. The number of nitrogens with zero attached hydrogens (tertiary/aromatic N) is 6. The van der Waals surface area contributed by atoms with Gasteiger partial charge >= 0.3 is 6.03 Å². The van der Waals surface area contributed by atoms with Crippen molar-refractivity contribution in [1.82, 2.24) is 30.4 Å². The number of nitrogens with one attached hydrogen (secondary N) is 3. The van der Waals surface area contributed by atoms with Gasteiger partial charge in [-0.25, -0.2) is 4.79 Å². The molecule has 0 unspecified atom stereocenters. The van der Waals surface area contributed by atoms with E-state index in [0.29, 0.717) is 18.3 Å². The molecule has 35 heavy (non-hydrogen) atoms. The van der Waals surface area contributed by atoms with E-state index in [1.807, 2.05) is 40.1 Å². The zero-order valence-corrected chi connectivity index (χ0v) is 19.6. The number of amidine groups is 1. The van der Waals surface area contributed by atoms with E-state index in [1.54, 1.807) is 6.20 Å². The van der Waals surface area contributed by atoms with Crippen molar-refractivity contribution in [3.63, 3.8) is 0 Å². The van der Waals surface area contributed by atoms with Gasteiger partial charge in [0.1, 0.15) is 5.84 Å². The Bertz CT molecular complexity index is 1230. The number of aromatic nitrogens is 4. The number of urea groups is 1. The zero-order valence-electron chi connectivity index (χ0n) is 19.6. The number of amides is 2. The van der Waals surface area contributed by atoms with Crippen LogP contribution in [0.3, 0.4) is 0 Å². The number of fused-ring (bicyclic) bond motifs is 1. The smallest absolute Gasteiger partial charge is 0.317 e. The summed E-state index contributed by atoms with van der Waals surface area (Å²) in [6.45, 7) is 3.00. The summed E-state index contributed by atoms with van der Waals surface area (Å²) in [6, 6.07) is 9.70. The molecule has 2 saturated heterocycles. The van der Waals surface area contributed by atoms with Crippen molar-refractivity contribution < 1.29 is 4.79 Å². The van der Waals surface area contributed by atoms with E-state index in [4.69, 9.17) is 11.1 Å². The maximum absolute atomic E-state index is 12.7. The molecule has 0 spiro atoms. The highest BCUT2D eigenvalue weighted by molar-refractivity contribution is 5.98. The third-order valence-corrected chi connectivity index (χ3v) is 6.47. The highest BCUT2D eigenvalue weighted by Gasteiger charge is 2.26. The molecular weight excluding hydrogens is 444 g/mol. The lowest BCUT2D eigenvalue weighted by Crippen LogP contribution is -2.52. The normalized spacial score (nSPS) is 18.3. The summed E-state index contributed by atoms with van der Waals surface area (Å²) in [7, 11) is 0. The minimum Gasteiger partial charge on any atom is -0.382 e. The third-order valence-electron chi connectivity index (χ3n) is 6.47. The Kier molecular flexibility index (Phi) is 6.55. The molecule has 5 N–H and O–H groups in total. The monoisotopic (exact) mass is 474 g/mol. The summed E-state index contributed by atoms with van der Waals surface area (Å²) in [5.74, 6) is 0.578. The van der Waals surface area contributed by atoms with Gasteiger partial charge in [-0.1, -0.05) is 12.1 Å². The summed E-state index contributed by atoms with van der Waals surface area (Å²) < 4.78 is 0. The van der Waals surface area contributed by atoms with E-state index in [1.165, 1.54) is 6.42 Å². The Morgan fingerprint density at radius 3 is 2.77 bits per heavy atom. The van der Waals surface area contributed by atoms with Crippen LogP contribution in [0.5, 0.6) is 0 Å². The van der Waals surface area contributed by atoms with E-state index in [-0.39, 0.29) is 23.6 Å². The van der Waals surface area contributed by atoms with Gasteiger partial charge in [0.2, 0.25) is 5.95 Å². The van der Waals surface area contributed by atoms with Crippen LogP contribution < -0.4 is 21.3 Å². The maximum Gasteiger partial charge on any atom is 0.317 e. The fourth-order valence-electron chi connectivity index (χ4n) is 4.64. The first-order chi connectivity index (χ1) is 17.1. The van der Waals surface area contributed by atoms with Crippen LogP contribution in [0.1, 0.15) is 37.8 Å². The van der Waals surface area contributed by atoms with Gasteiger partial charge < -0.3 is 26.2 Å². The molecule has 0 radical (unpaired) electrons. The molecule has 1 aromatic carbocycles. The predicted molar refractivity (Wildman–Crippen MR) is 135 cm³/mol. The van der Waals surface area contributed by atoms with Crippen LogP contribution in [0.2, 0.25) is 0 Å². The van der Waals surface area contributed by atoms with Crippen LogP contribution in [0.4, 0.5) is 22.2 Å². The summed E-state index contributed by atoms with van der Waals surface area (Å²) >= 11 is 0. The molecular formula is C24H30N10O. The largest absolute Gasteiger partial charge is 0.382 e. The average molecular weight is 475 g/mol. The quantitative estimate of drug-likeness (QED) is 0.326. The molecule has 11 heteroatoms. The van der Waals surface area contributed by atoms with Gasteiger partial charge in [0.15, 0.2) is 11.5 Å². The lowest BCUT2D eigenvalue weighted by Gasteiger charge is -2.35. The van der Waals surface area contributed by atoms with Crippen LogP contribution in [0.15, 0.2) is 36.5 Å². The number of carbonyl (C=O) groups is 1. The van der Waals surface area contributed by atoms with Gasteiger partial charge in [-0.05, 0) is 50.3 Å². The number of rotatable bonds is 5. The second-order valence-corrected chi connectivity index (χ2v) is 9.04. The number of likely N-dealkylation sites (tertiary alicyclic amines) is 1. The number of hydrogen-bond acceptors (Lipinski definition) is 8. The molecule has 1 atom stereocenters. The number of pyridine rings is 1. The first-order valence-corrected chi connectivity index (χ1v) is 12.1. The number of benzene rings is 1. The molecule has 3 aromatic rings. The Hall–Kier alpha value is -4.02. The topological polar surface area (TPSA) is 149 Å². The molecule has 0 saturated carbocycles. The Morgan fingerprint density at radius 1 is 1.09 bits per heavy atom. The fraction of sp³-hybridized carbons (Fsp3) is 0.417. The molecule has 4 heterocycles. The number of piperidine rings is 2. The van der Waals surface area contributed by atoms with Crippen molar-refractivity contribution in [2.45, 2.75) is 38.1 Å². The van der Waals surface area contributed by atoms with E-state index >= 15 is 0 Å². The van der Waals surface area contributed by atoms with Gasteiger partial charge in [0.05, 0.1) is 5.52 Å². The third kappa shape index (κ3) is 5.23. The van der Waals surface area contributed by atoms with E-state index in [0.717, 1.165) is 61.9 Å². The number of nitrogens with two attached hydrogens (primary N) is 1. The van der Waals surface area contributed by atoms with Crippen LogP contribution in [-0.4, -0.2) is 69.2 Å². The first kappa shape index (κ1) is 22.8. The summed E-state index contributed by atoms with van der Waals surface area (Å²) in [4.78, 5) is 25.7. The van der Waals surface area contributed by atoms with Crippen LogP contribution >= 0.6 is 0 Å². The maximum atomic E-state index is 12.7. The standard InChI is InChI=1S/C24H30N10O/c25-21(26)20-22(28-17-9-8-16-6-4-10-27-19(16)14-17)30-23(32-31-20)34-13-5-7-18(15-34)29-24(35)33-11-2-1-3-12-33/h4,6,8-10,14,18H,1-3,5,7,11-13,15H2,(H3,25,26)(H,29,35)(H,28,30,32)/t18-/m1/s1. The van der Waals surface area contributed by atoms with Gasteiger partial charge in [0, 0.05) is 49.5 Å². The second kappa shape index (κ2) is 10.1. The van der Waals surface area contributed by atoms with Crippen molar-refractivity contribution >= 4 is 40.2 Å². The summed E-state index contributed by atoms with van der Waals surface area (Å²) in [5, 5.41) is 23.8. The molecule has 2 fully saturated rings. The Labute approximate surface area is 203 Å². The second-order valence-electron chi connectivity index (χ2n) is 9.04. The number of hydrogen-bond donors (Lipinski definition) is 4. The highest BCUT2D eigenvalue weighted by Crippen LogP contribution is 2.24. The van der Waals surface area contributed by atoms with Crippen molar-refractivity contribution in [2.24, 2.45) is 5.73 Å². The summed E-state index contributed by atoms with van der Waals surface area (Å²) in [6.07, 6.45) is 6.87. The van der Waals surface area contributed by atoms with Crippen LogP contribution in [0.25, 0.3) is 10.9 Å². The predicted octanol–water partition coefficient (Wildman–Crippen LogP) is 2.61. The van der Waals surface area contributed by atoms with E-state index in [9.17, 15) is 4.79 Å². The minimum atomic E-state index is -0.219. The Morgan fingerprint density at radius 2 is 1.94 bits per heavy atom.